The zero-order chi connectivity index (χ0) is 19.4. The van der Waals surface area contributed by atoms with Gasteiger partial charge in [-0.3, -0.25) is 9.69 Å². The largest absolute Gasteiger partial charge is 0.493 e. The van der Waals surface area contributed by atoms with Crippen LogP contribution in [0.25, 0.3) is 6.08 Å². The van der Waals surface area contributed by atoms with Crippen LogP contribution in [0.5, 0.6) is 11.5 Å². The van der Waals surface area contributed by atoms with Crippen LogP contribution in [0.1, 0.15) is 18.1 Å². The van der Waals surface area contributed by atoms with E-state index in [0.717, 1.165) is 14.9 Å². The van der Waals surface area contributed by atoms with Crippen LogP contribution in [0.3, 0.4) is 0 Å². The van der Waals surface area contributed by atoms with Crippen LogP contribution in [-0.2, 0) is 11.4 Å². The number of imide groups is 1. The number of urea groups is 1. The van der Waals surface area contributed by atoms with E-state index in [4.69, 9.17) is 9.47 Å². The molecule has 0 aliphatic carbocycles. The van der Waals surface area contributed by atoms with Crippen LogP contribution in [0.15, 0.2) is 52.6 Å². The summed E-state index contributed by atoms with van der Waals surface area (Å²) in [4.78, 5) is 25.2. The predicted molar refractivity (Wildman–Crippen MR) is 105 cm³/mol. The van der Waals surface area contributed by atoms with Gasteiger partial charge >= 0.3 is 6.03 Å². The standard InChI is InChI=1S/C20H19BrN2O4/c1-3-23-19(24)16(22-20(23)25)9-14-10-17(26-2)18(11-15(14)21)27-12-13-7-5-4-6-8-13/h4-11H,3,12H2,1-2H3,(H,22,25)/b16-9+. The van der Waals surface area contributed by atoms with Gasteiger partial charge in [0.25, 0.3) is 5.91 Å². The van der Waals surface area contributed by atoms with E-state index in [-0.39, 0.29) is 11.6 Å². The molecular weight excluding hydrogens is 412 g/mol. The van der Waals surface area contributed by atoms with E-state index < -0.39 is 6.03 Å². The lowest BCUT2D eigenvalue weighted by Crippen LogP contribution is -2.30. The molecule has 27 heavy (non-hydrogen) atoms. The number of halogens is 1. The molecule has 0 spiro atoms. The molecule has 1 saturated heterocycles. The number of hydrogen-bond donors (Lipinski definition) is 1. The second-order valence-corrected chi connectivity index (χ2v) is 6.69. The maximum atomic E-state index is 12.2. The quantitative estimate of drug-likeness (QED) is 0.556. The predicted octanol–water partition coefficient (Wildman–Crippen LogP) is 3.95. The molecule has 0 aromatic heterocycles. The molecule has 3 amide bonds. The number of nitrogens with zero attached hydrogens (tertiary/aromatic N) is 1. The summed E-state index contributed by atoms with van der Waals surface area (Å²) in [7, 11) is 1.55. The fraction of sp³-hybridized carbons (Fsp3) is 0.200. The van der Waals surface area contributed by atoms with E-state index in [0.29, 0.717) is 30.2 Å². The first kappa shape index (κ1) is 19.0. The van der Waals surface area contributed by atoms with Gasteiger partial charge in [-0.15, -0.1) is 0 Å². The Kier molecular flexibility index (Phi) is 5.81. The Balaban J connectivity index is 1.85. The molecule has 140 valence electrons. The van der Waals surface area contributed by atoms with Gasteiger partial charge in [-0.1, -0.05) is 46.3 Å². The van der Waals surface area contributed by atoms with Gasteiger partial charge < -0.3 is 14.8 Å². The summed E-state index contributed by atoms with van der Waals surface area (Å²) in [5.74, 6) is 0.759. The number of carbonyl (C=O) groups is 2. The van der Waals surface area contributed by atoms with E-state index >= 15 is 0 Å². The van der Waals surface area contributed by atoms with Crippen molar-refractivity contribution >= 4 is 33.9 Å². The van der Waals surface area contributed by atoms with Crippen LogP contribution < -0.4 is 14.8 Å². The Morgan fingerprint density at radius 2 is 1.89 bits per heavy atom. The monoisotopic (exact) mass is 430 g/mol. The Bertz CT molecular complexity index is 896. The molecule has 0 radical (unpaired) electrons. The number of benzene rings is 2. The van der Waals surface area contributed by atoms with Crippen LogP contribution >= 0.6 is 15.9 Å². The number of hydrogen-bond acceptors (Lipinski definition) is 4. The van der Waals surface area contributed by atoms with Crippen LogP contribution in [-0.4, -0.2) is 30.5 Å². The molecule has 0 atom stereocenters. The van der Waals surface area contributed by atoms with Crippen molar-refractivity contribution in [1.82, 2.24) is 10.2 Å². The molecule has 1 N–H and O–H groups in total. The summed E-state index contributed by atoms with van der Waals surface area (Å²) < 4.78 is 12.0. The van der Waals surface area contributed by atoms with Crippen LogP contribution in [0, 0.1) is 0 Å². The highest BCUT2D eigenvalue weighted by molar-refractivity contribution is 9.10. The van der Waals surface area contributed by atoms with Gasteiger partial charge in [0.05, 0.1) is 7.11 Å². The third-order valence-electron chi connectivity index (χ3n) is 4.10. The molecule has 6 nitrogen and oxygen atoms in total. The average Bonchev–Trinajstić information content (AvgIpc) is 2.95. The second-order valence-electron chi connectivity index (χ2n) is 5.84. The molecule has 7 heteroatoms. The van der Waals surface area contributed by atoms with Gasteiger partial charge in [0.15, 0.2) is 11.5 Å². The third-order valence-corrected chi connectivity index (χ3v) is 4.79. The Morgan fingerprint density at radius 3 is 2.52 bits per heavy atom. The van der Waals surface area contributed by atoms with Crippen molar-refractivity contribution in [2.24, 2.45) is 0 Å². The molecule has 1 aliphatic heterocycles. The van der Waals surface area contributed by atoms with Gasteiger partial charge in [0.2, 0.25) is 0 Å². The van der Waals surface area contributed by atoms with Crippen molar-refractivity contribution < 1.29 is 19.1 Å². The lowest BCUT2D eigenvalue weighted by molar-refractivity contribution is -0.122. The van der Waals surface area contributed by atoms with E-state index in [1.54, 1.807) is 32.2 Å². The molecule has 1 aliphatic rings. The van der Waals surface area contributed by atoms with Crippen LogP contribution in [0.2, 0.25) is 0 Å². The molecule has 1 fully saturated rings. The third kappa shape index (κ3) is 4.14. The second kappa shape index (κ2) is 8.26. The SMILES string of the molecule is CCN1C(=O)N/C(=C/c2cc(OC)c(OCc3ccccc3)cc2Br)C1=O. The van der Waals surface area contributed by atoms with Gasteiger partial charge in [-0.2, -0.15) is 0 Å². The first-order valence-corrected chi connectivity index (χ1v) is 9.21. The maximum Gasteiger partial charge on any atom is 0.328 e. The minimum Gasteiger partial charge on any atom is -0.493 e. The van der Waals surface area contributed by atoms with E-state index in [1.807, 2.05) is 30.3 Å². The highest BCUT2D eigenvalue weighted by Crippen LogP contribution is 2.35. The van der Waals surface area contributed by atoms with Gasteiger partial charge in [0, 0.05) is 11.0 Å². The van der Waals surface area contributed by atoms with Gasteiger partial charge in [0.1, 0.15) is 12.3 Å². The van der Waals surface area contributed by atoms with E-state index in [9.17, 15) is 9.59 Å². The van der Waals surface area contributed by atoms with Crippen molar-refractivity contribution in [1.29, 1.82) is 0 Å². The van der Waals surface area contributed by atoms with Crippen molar-refractivity contribution in [2.75, 3.05) is 13.7 Å². The lowest BCUT2D eigenvalue weighted by atomic mass is 10.1. The molecule has 2 aromatic rings. The molecule has 0 saturated carbocycles. The molecule has 2 aromatic carbocycles. The number of rotatable bonds is 6. The highest BCUT2D eigenvalue weighted by atomic mass is 79.9. The zero-order valence-corrected chi connectivity index (χ0v) is 16.6. The summed E-state index contributed by atoms with van der Waals surface area (Å²) in [5, 5.41) is 2.58. The number of ether oxygens (including phenoxy) is 2. The van der Waals surface area contributed by atoms with Crippen molar-refractivity contribution in [3.63, 3.8) is 0 Å². The van der Waals surface area contributed by atoms with Crippen molar-refractivity contribution in [2.45, 2.75) is 13.5 Å². The minimum atomic E-state index is -0.417. The number of likely N-dealkylation sites (N-methyl/N-ethyl adjacent to an activating group) is 1. The minimum absolute atomic E-state index is 0.225. The zero-order valence-electron chi connectivity index (χ0n) is 15.0. The fourth-order valence-electron chi connectivity index (χ4n) is 2.68. The topological polar surface area (TPSA) is 67.9 Å². The normalized spacial score (nSPS) is 15.2. The maximum absolute atomic E-state index is 12.2. The Hall–Kier alpha value is -2.80. The lowest BCUT2D eigenvalue weighted by Gasteiger charge is -2.13. The number of methoxy groups -OCH3 is 1. The summed E-state index contributed by atoms with van der Waals surface area (Å²) >= 11 is 3.49. The average molecular weight is 431 g/mol. The smallest absolute Gasteiger partial charge is 0.328 e. The highest BCUT2D eigenvalue weighted by Gasteiger charge is 2.32. The molecule has 0 unspecified atom stereocenters. The number of nitrogens with one attached hydrogen (secondary N) is 1. The van der Waals surface area contributed by atoms with E-state index in [1.165, 1.54) is 0 Å². The number of amides is 3. The first-order valence-electron chi connectivity index (χ1n) is 8.42. The fourth-order valence-corrected chi connectivity index (χ4v) is 3.12. The summed E-state index contributed by atoms with van der Waals surface area (Å²) in [6.45, 7) is 2.47. The molecular formula is C20H19BrN2O4. The van der Waals surface area contributed by atoms with Crippen molar-refractivity contribution in [3.8, 4) is 11.5 Å². The molecule has 0 bridgehead atoms. The summed E-state index contributed by atoms with van der Waals surface area (Å²) in [6.07, 6.45) is 1.61. The Morgan fingerprint density at radius 1 is 1.15 bits per heavy atom. The Labute approximate surface area is 165 Å². The van der Waals surface area contributed by atoms with Gasteiger partial charge in [-0.05, 0) is 36.3 Å². The first-order chi connectivity index (χ1) is 13.0. The van der Waals surface area contributed by atoms with E-state index in [2.05, 4.69) is 21.2 Å². The molecule has 3 rings (SSSR count). The number of carbonyl (C=O) groups excluding carboxylic acids is 2. The summed E-state index contributed by atoms with van der Waals surface area (Å²) in [6, 6.07) is 12.9. The summed E-state index contributed by atoms with van der Waals surface area (Å²) in [5.41, 5.74) is 1.96. The van der Waals surface area contributed by atoms with Crippen LogP contribution in [0.4, 0.5) is 4.79 Å². The van der Waals surface area contributed by atoms with Gasteiger partial charge in [-0.25, -0.2) is 4.79 Å². The molecule has 1 heterocycles. The van der Waals surface area contributed by atoms with Crippen molar-refractivity contribution in [3.05, 3.63) is 63.8 Å².